The van der Waals surface area contributed by atoms with Gasteiger partial charge in [-0.15, -0.1) is 0 Å². The normalized spacial score (nSPS) is 15.9. The summed E-state index contributed by atoms with van der Waals surface area (Å²) in [6.07, 6.45) is 0.537. The van der Waals surface area contributed by atoms with Gasteiger partial charge in [-0.2, -0.15) is 0 Å². The van der Waals surface area contributed by atoms with E-state index >= 15 is 0 Å². The summed E-state index contributed by atoms with van der Waals surface area (Å²) in [4.78, 5) is 39.0. The van der Waals surface area contributed by atoms with E-state index in [9.17, 15) is 14.4 Å². The Balaban J connectivity index is 1.84. The van der Waals surface area contributed by atoms with Gasteiger partial charge in [0, 0.05) is 0 Å². The third kappa shape index (κ3) is 6.69. The molecule has 1 heterocycles. The van der Waals surface area contributed by atoms with Crippen LogP contribution in [0.25, 0.3) is 0 Å². The van der Waals surface area contributed by atoms with Crippen molar-refractivity contribution in [3.8, 4) is 0 Å². The van der Waals surface area contributed by atoms with Crippen molar-refractivity contribution in [2.45, 2.75) is 26.3 Å². The average molecular weight is 411 g/mol. The molecule has 8 nitrogen and oxygen atoms in total. The van der Waals surface area contributed by atoms with Gasteiger partial charge >= 0.3 is 6.03 Å². The molecule has 1 aromatic rings. The molecule has 0 aromatic heterocycles. The number of quaternary nitrogens is 1. The predicted octanol–water partition coefficient (Wildman–Crippen LogP) is 0.0886. The molecular formula is C19H29ClN5O3+. The van der Waals surface area contributed by atoms with Crippen molar-refractivity contribution in [1.82, 2.24) is 10.2 Å². The number of hydrogen-bond acceptors (Lipinski definition) is 3. The maximum atomic E-state index is 12.7. The number of rotatable bonds is 7. The highest BCUT2D eigenvalue weighted by Crippen LogP contribution is 2.19. The molecule has 1 aliphatic heterocycles. The summed E-state index contributed by atoms with van der Waals surface area (Å²) in [5.74, 6) is 0.0178. The molecule has 0 radical (unpaired) electrons. The molecule has 0 spiro atoms. The van der Waals surface area contributed by atoms with Crippen molar-refractivity contribution < 1.29 is 19.3 Å². The highest BCUT2D eigenvalue weighted by molar-refractivity contribution is 6.33. The molecule has 1 atom stereocenters. The molecule has 0 unspecified atom stereocenters. The van der Waals surface area contributed by atoms with Crippen LogP contribution in [0, 0.1) is 5.92 Å². The van der Waals surface area contributed by atoms with Gasteiger partial charge in [-0.1, -0.05) is 37.6 Å². The van der Waals surface area contributed by atoms with Crippen LogP contribution in [0.5, 0.6) is 0 Å². The standard InChI is InChI=1S/C19H28ClN5O3/c1-13(2)11-16(23-19(21)28)18(27)25-9-7-24(8-10-25)12-17(26)22-15-6-4-3-5-14(15)20/h3-6,13,16H,7-12H2,1-2H3,(H,22,26)(H3,21,23,28)/p+1/t16-/m1/s1. The van der Waals surface area contributed by atoms with Gasteiger partial charge in [-0.25, -0.2) is 4.79 Å². The van der Waals surface area contributed by atoms with Crippen molar-refractivity contribution in [2.75, 3.05) is 38.0 Å². The molecule has 2 rings (SSSR count). The van der Waals surface area contributed by atoms with E-state index in [0.29, 0.717) is 49.9 Å². The summed E-state index contributed by atoms with van der Waals surface area (Å²) in [7, 11) is 0. The lowest BCUT2D eigenvalue weighted by molar-refractivity contribution is -0.895. The highest BCUT2D eigenvalue weighted by atomic mass is 35.5. The van der Waals surface area contributed by atoms with Crippen LogP contribution in [0.1, 0.15) is 20.3 Å². The zero-order valence-corrected chi connectivity index (χ0v) is 17.1. The summed E-state index contributed by atoms with van der Waals surface area (Å²) < 4.78 is 0. The number of amides is 4. The van der Waals surface area contributed by atoms with E-state index in [-0.39, 0.29) is 17.7 Å². The Bertz CT molecular complexity index is 705. The molecule has 1 aromatic carbocycles. The third-order valence-electron chi connectivity index (χ3n) is 4.66. The number of anilines is 1. The van der Waals surface area contributed by atoms with Gasteiger partial charge in [0.2, 0.25) is 5.91 Å². The molecule has 4 amide bonds. The molecule has 0 bridgehead atoms. The molecule has 1 saturated heterocycles. The molecule has 5 N–H and O–H groups in total. The summed E-state index contributed by atoms with van der Waals surface area (Å²) in [5, 5.41) is 5.87. The predicted molar refractivity (Wildman–Crippen MR) is 108 cm³/mol. The summed E-state index contributed by atoms with van der Waals surface area (Å²) in [6.45, 7) is 6.66. The summed E-state index contributed by atoms with van der Waals surface area (Å²) in [6, 6.07) is 5.79. The number of primary amides is 1. The lowest BCUT2D eigenvalue weighted by atomic mass is 10.0. The minimum absolute atomic E-state index is 0.115. The molecule has 28 heavy (non-hydrogen) atoms. The number of urea groups is 1. The van der Waals surface area contributed by atoms with Crippen molar-refractivity contribution in [1.29, 1.82) is 0 Å². The van der Waals surface area contributed by atoms with Crippen LogP contribution in [-0.4, -0.2) is 61.5 Å². The zero-order valence-electron chi connectivity index (χ0n) is 16.3. The maximum Gasteiger partial charge on any atom is 0.312 e. The van der Waals surface area contributed by atoms with Gasteiger partial charge in [-0.3, -0.25) is 9.59 Å². The number of hydrogen-bond donors (Lipinski definition) is 4. The molecular weight excluding hydrogens is 382 g/mol. The zero-order chi connectivity index (χ0) is 20.7. The Morgan fingerprint density at radius 1 is 1.21 bits per heavy atom. The van der Waals surface area contributed by atoms with E-state index in [1.165, 1.54) is 0 Å². The second-order valence-corrected chi connectivity index (χ2v) is 7.88. The Morgan fingerprint density at radius 3 is 2.43 bits per heavy atom. The first-order valence-corrected chi connectivity index (χ1v) is 9.86. The van der Waals surface area contributed by atoms with E-state index in [1.54, 1.807) is 23.1 Å². The van der Waals surface area contributed by atoms with Crippen LogP contribution < -0.4 is 21.3 Å². The van der Waals surface area contributed by atoms with Crippen molar-refractivity contribution in [3.63, 3.8) is 0 Å². The topological polar surface area (TPSA) is 109 Å². The first-order valence-electron chi connectivity index (χ1n) is 9.49. The van der Waals surface area contributed by atoms with Crippen molar-refractivity contribution >= 4 is 35.1 Å². The van der Waals surface area contributed by atoms with Gasteiger partial charge in [0.25, 0.3) is 5.91 Å². The smallest absolute Gasteiger partial charge is 0.312 e. The molecule has 154 valence electrons. The van der Waals surface area contributed by atoms with Crippen LogP contribution >= 0.6 is 11.6 Å². The SMILES string of the molecule is CC(C)C[C@@H](NC(N)=O)C(=O)N1CC[NH+](CC(=O)Nc2ccccc2Cl)CC1. The largest absolute Gasteiger partial charge is 0.352 e. The third-order valence-corrected chi connectivity index (χ3v) is 4.99. The second-order valence-electron chi connectivity index (χ2n) is 7.47. The number of benzene rings is 1. The van der Waals surface area contributed by atoms with Crippen LogP contribution in [0.2, 0.25) is 5.02 Å². The van der Waals surface area contributed by atoms with Crippen molar-refractivity contribution in [3.05, 3.63) is 29.3 Å². The minimum atomic E-state index is -0.695. The maximum absolute atomic E-state index is 12.7. The molecule has 9 heteroatoms. The van der Waals surface area contributed by atoms with Gasteiger partial charge < -0.3 is 26.2 Å². The fourth-order valence-corrected chi connectivity index (χ4v) is 3.47. The first-order chi connectivity index (χ1) is 13.3. The van der Waals surface area contributed by atoms with Gasteiger partial charge in [0.1, 0.15) is 6.04 Å². The fourth-order valence-electron chi connectivity index (χ4n) is 3.29. The number of nitrogens with two attached hydrogens (primary N) is 1. The fraction of sp³-hybridized carbons (Fsp3) is 0.526. The number of nitrogens with zero attached hydrogens (tertiary/aromatic N) is 1. The van der Waals surface area contributed by atoms with Crippen LogP contribution in [0.4, 0.5) is 10.5 Å². The first kappa shape index (κ1) is 22.0. The molecule has 1 aliphatic rings. The Labute approximate surface area is 170 Å². The number of carbonyl (C=O) groups excluding carboxylic acids is 3. The van der Waals surface area contributed by atoms with Gasteiger partial charge in [0.15, 0.2) is 6.54 Å². The van der Waals surface area contributed by atoms with E-state index in [1.807, 2.05) is 19.9 Å². The minimum Gasteiger partial charge on any atom is -0.352 e. The van der Waals surface area contributed by atoms with E-state index in [2.05, 4.69) is 10.6 Å². The molecule has 0 aliphatic carbocycles. The van der Waals surface area contributed by atoms with Gasteiger partial charge in [0.05, 0.1) is 36.9 Å². The van der Waals surface area contributed by atoms with Crippen LogP contribution in [0.3, 0.4) is 0 Å². The van der Waals surface area contributed by atoms with E-state index < -0.39 is 12.1 Å². The monoisotopic (exact) mass is 410 g/mol. The quantitative estimate of drug-likeness (QED) is 0.511. The van der Waals surface area contributed by atoms with Crippen LogP contribution in [-0.2, 0) is 9.59 Å². The molecule has 1 fully saturated rings. The van der Waals surface area contributed by atoms with E-state index in [0.717, 1.165) is 4.90 Å². The average Bonchev–Trinajstić information content (AvgIpc) is 2.62. The Morgan fingerprint density at radius 2 is 1.86 bits per heavy atom. The Kier molecular flexibility index (Phi) is 8.07. The number of halogens is 1. The Hall–Kier alpha value is -2.32. The molecule has 0 saturated carbocycles. The van der Waals surface area contributed by atoms with E-state index in [4.69, 9.17) is 17.3 Å². The lowest BCUT2D eigenvalue weighted by Crippen LogP contribution is -3.15. The number of carbonyl (C=O) groups is 3. The number of piperazine rings is 1. The highest BCUT2D eigenvalue weighted by Gasteiger charge is 2.30. The summed E-state index contributed by atoms with van der Waals surface area (Å²) >= 11 is 6.06. The van der Waals surface area contributed by atoms with Gasteiger partial charge in [-0.05, 0) is 24.5 Å². The lowest BCUT2D eigenvalue weighted by Gasteiger charge is -2.34. The second kappa shape index (κ2) is 10.3. The summed E-state index contributed by atoms with van der Waals surface area (Å²) in [5.41, 5.74) is 5.80. The number of para-hydroxylation sites is 1. The number of nitrogens with one attached hydrogen (secondary N) is 3. The van der Waals surface area contributed by atoms with Crippen molar-refractivity contribution in [2.24, 2.45) is 11.7 Å². The van der Waals surface area contributed by atoms with Crippen LogP contribution in [0.15, 0.2) is 24.3 Å².